The molecule has 0 aliphatic rings. The van der Waals surface area contributed by atoms with Crippen molar-refractivity contribution in [2.45, 2.75) is 4.59 Å². The lowest BCUT2D eigenvalue weighted by Crippen LogP contribution is -2.12. The summed E-state index contributed by atoms with van der Waals surface area (Å²) >= 11 is 9.66. The predicted molar refractivity (Wildman–Crippen MR) is 31.4 cm³/mol. The van der Waals surface area contributed by atoms with Gasteiger partial charge in [0.05, 0.1) is 6.61 Å². The van der Waals surface area contributed by atoms with E-state index in [0.717, 1.165) is 0 Å². The van der Waals surface area contributed by atoms with E-state index >= 15 is 0 Å². The Balaban J connectivity index is 3.15. The smallest absolute Gasteiger partial charge is 0.279 e. The summed E-state index contributed by atoms with van der Waals surface area (Å²) in [5, 5.41) is 0. The SMILES string of the molecule is FC(Cl)(Cl)CO[SiH3]. The lowest BCUT2D eigenvalue weighted by Gasteiger charge is -2.05. The first kappa shape index (κ1) is 7.69. The van der Waals surface area contributed by atoms with E-state index in [1.54, 1.807) is 0 Å². The van der Waals surface area contributed by atoms with Crippen molar-refractivity contribution < 1.29 is 8.82 Å². The second-order valence-electron chi connectivity index (χ2n) is 1.05. The van der Waals surface area contributed by atoms with Crippen LogP contribution in [-0.4, -0.2) is 21.7 Å². The lowest BCUT2D eigenvalue weighted by molar-refractivity contribution is 0.239. The van der Waals surface area contributed by atoms with Crippen molar-refractivity contribution in [3.8, 4) is 0 Å². The van der Waals surface area contributed by atoms with E-state index in [1.165, 1.54) is 0 Å². The minimum atomic E-state index is -2.19. The van der Waals surface area contributed by atoms with Gasteiger partial charge in [0.2, 0.25) is 0 Å². The molecule has 0 spiro atoms. The average molecular weight is 163 g/mol. The van der Waals surface area contributed by atoms with Crippen molar-refractivity contribution in [3.05, 3.63) is 0 Å². The second kappa shape index (κ2) is 2.87. The van der Waals surface area contributed by atoms with Crippen LogP contribution < -0.4 is 0 Å². The van der Waals surface area contributed by atoms with Crippen LogP contribution in [0.2, 0.25) is 0 Å². The number of hydrogen-bond donors (Lipinski definition) is 0. The van der Waals surface area contributed by atoms with E-state index in [1.807, 2.05) is 0 Å². The standard InChI is InChI=1S/C2H5Cl2FOSi/c3-2(4,5)1-6-7/h1H2,7H3. The molecule has 44 valence electrons. The third-order valence-electron chi connectivity index (χ3n) is 0.308. The molecule has 5 heteroatoms. The van der Waals surface area contributed by atoms with Gasteiger partial charge < -0.3 is 4.43 Å². The van der Waals surface area contributed by atoms with Crippen LogP contribution in [0.5, 0.6) is 0 Å². The summed E-state index contributed by atoms with van der Waals surface area (Å²) in [4.78, 5) is 0. The molecule has 0 heterocycles. The Bertz CT molecular complexity index is 54.1. The molecule has 0 unspecified atom stereocenters. The molecule has 0 aliphatic heterocycles. The number of hydrogen-bond acceptors (Lipinski definition) is 1. The molecule has 0 aliphatic carbocycles. The summed E-state index contributed by atoms with van der Waals surface area (Å²) in [6.07, 6.45) is 0. The Morgan fingerprint density at radius 3 is 2.14 bits per heavy atom. The third kappa shape index (κ3) is 6.69. The summed E-state index contributed by atoms with van der Waals surface area (Å²) in [7, 11) is 0.461. The van der Waals surface area contributed by atoms with Crippen LogP contribution in [-0.2, 0) is 4.43 Å². The van der Waals surface area contributed by atoms with Gasteiger partial charge in [0, 0.05) is 0 Å². The van der Waals surface area contributed by atoms with E-state index < -0.39 is 4.59 Å². The molecule has 0 rings (SSSR count). The molecule has 0 fully saturated rings. The summed E-state index contributed by atoms with van der Waals surface area (Å²) in [5.74, 6) is 0. The maximum Gasteiger partial charge on any atom is 0.279 e. The maximum absolute atomic E-state index is 11.8. The number of halogens is 3. The van der Waals surface area contributed by atoms with Crippen molar-refractivity contribution in [3.63, 3.8) is 0 Å². The highest BCUT2D eigenvalue weighted by molar-refractivity contribution is 6.47. The van der Waals surface area contributed by atoms with Gasteiger partial charge in [-0.25, -0.2) is 4.39 Å². The van der Waals surface area contributed by atoms with Crippen LogP contribution in [0.15, 0.2) is 0 Å². The zero-order valence-corrected chi connectivity index (χ0v) is 7.26. The summed E-state index contributed by atoms with van der Waals surface area (Å²) in [5.41, 5.74) is 0. The van der Waals surface area contributed by atoms with Crippen molar-refractivity contribution in [1.29, 1.82) is 0 Å². The van der Waals surface area contributed by atoms with Crippen LogP contribution in [0, 0.1) is 0 Å². The Morgan fingerprint density at radius 2 is 2.14 bits per heavy atom. The fourth-order valence-corrected chi connectivity index (χ4v) is 1.15. The fourth-order valence-electron chi connectivity index (χ4n) is 0.164. The number of rotatable bonds is 2. The van der Waals surface area contributed by atoms with E-state index in [-0.39, 0.29) is 6.61 Å². The first-order valence-electron chi connectivity index (χ1n) is 1.62. The Labute approximate surface area is 54.3 Å². The Morgan fingerprint density at radius 1 is 1.71 bits per heavy atom. The first-order valence-corrected chi connectivity index (χ1v) is 3.19. The van der Waals surface area contributed by atoms with Crippen LogP contribution in [0.3, 0.4) is 0 Å². The fraction of sp³-hybridized carbons (Fsp3) is 1.00. The molecule has 1 nitrogen and oxygen atoms in total. The van der Waals surface area contributed by atoms with E-state index in [9.17, 15) is 4.39 Å². The van der Waals surface area contributed by atoms with Gasteiger partial charge in [-0.3, -0.25) is 0 Å². The molecule has 0 radical (unpaired) electrons. The van der Waals surface area contributed by atoms with Crippen molar-refractivity contribution in [2.75, 3.05) is 6.61 Å². The highest BCUT2D eigenvalue weighted by atomic mass is 35.5. The minimum Gasteiger partial charge on any atom is -0.422 e. The zero-order valence-electron chi connectivity index (χ0n) is 3.75. The molecule has 0 saturated heterocycles. The highest BCUT2D eigenvalue weighted by Gasteiger charge is 2.20. The average Bonchev–Trinajstić information content (AvgIpc) is 1.30. The van der Waals surface area contributed by atoms with Crippen molar-refractivity contribution in [1.82, 2.24) is 0 Å². The van der Waals surface area contributed by atoms with Crippen LogP contribution in [0.25, 0.3) is 0 Å². The second-order valence-corrected chi connectivity index (χ2v) is 3.02. The third-order valence-corrected chi connectivity index (χ3v) is 0.815. The van der Waals surface area contributed by atoms with Crippen molar-refractivity contribution in [2.24, 2.45) is 0 Å². The maximum atomic E-state index is 11.8. The van der Waals surface area contributed by atoms with Gasteiger partial charge in [0.1, 0.15) is 10.5 Å². The van der Waals surface area contributed by atoms with Crippen LogP contribution in [0.4, 0.5) is 4.39 Å². The molecule has 0 aromatic carbocycles. The molecule has 0 atom stereocenters. The molecule has 0 saturated carbocycles. The van der Waals surface area contributed by atoms with Gasteiger partial charge in [0.15, 0.2) is 0 Å². The Hall–Kier alpha value is 0.687. The Kier molecular flexibility index (Phi) is 3.15. The molecule has 0 N–H and O–H groups in total. The molecule has 7 heavy (non-hydrogen) atoms. The van der Waals surface area contributed by atoms with Crippen molar-refractivity contribution >= 4 is 33.7 Å². The molecular formula is C2H5Cl2FOSi. The number of alkyl halides is 3. The minimum absolute atomic E-state index is 0.234. The molecule has 0 aromatic heterocycles. The molecular weight excluding hydrogens is 158 g/mol. The molecule has 0 bridgehead atoms. The first-order chi connectivity index (χ1) is 3.06. The van der Waals surface area contributed by atoms with E-state index in [0.29, 0.717) is 10.5 Å². The van der Waals surface area contributed by atoms with Gasteiger partial charge in [-0.05, 0) is 0 Å². The van der Waals surface area contributed by atoms with Gasteiger partial charge in [-0.15, -0.1) is 0 Å². The predicted octanol–water partition coefficient (Wildman–Crippen LogP) is 0.384. The van der Waals surface area contributed by atoms with Crippen LogP contribution >= 0.6 is 23.2 Å². The quantitative estimate of drug-likeness (QED) is 0.422. The van der Waals surface area contributed by atoms with E-state index in [2.05, 4.69) is 4.43 Å². The topological polar surface area (TPSA) is 9.23 Å². The van der Waals surface area contributed by atoms with Gasteiger partial charge >= 0.3 is 0 Å². The van der Waals surface area contributed by atoms with Gasteiger partial charge in [-0.1, -0.05) is 23.2 Å². The highest BCUT2D eigenvalue weighted by Crippen LogP contribution is 2.21. The van der Waals surface area contributed by atoms with Gasteiger partial charge in [-0.2, -0.15) is 0 Å². The molecule has 0 aromatic rings. The summed E-state index contributed by atoms with van der Waals surface area (Å²) in [6, 6.07) is 0. The normalized spacial score (nSPS) is 12.4. The monoisotopic (exact) mass is 162 g/mol. The molecule has 0 amide bonds. The lowest BCUT2D eigenvalue weighted by atomic mass is 10.8. The summed E-state index contributed by atoms with van der Waals surface area (Å²) in [6.45, 7) is -0.234. The van der Waals surface area contributed by atoms with Crippen LogP contribution in [0.1, 0.15) is 0 Å². The largest absolute Gasteiger partial charge is 0.422 e. The summed E-state index contributed by atoms with van der Waals surface area (Å²) < 4.78 is 14.0. The van der Waals surface area contributed by atoms with Gasteiger partial charge in [0.25, 0.3) is 4.59 Å². The van der Waals surface area contributed by atoms with E-state index in [4.69, 9.17) is 23.2 Å². The zero-order chi connectivity index (χ0) is 5.91.